The van der Waals surface area contributed by atoms with E-state index in [4.69, 9.17) is 0 Å². The van der Waals surface area contributed by atoms with Crippen molar-refractivity contribution in [2.45, 2.75) is 34.2 Å². The zero-order valence-corrected chi connectivity index (χ0v) is 19.9. The summed E-state index contributed by atoms with van der Waals surface area (Å²) in [5, 5.41) is 5.47. The molecular weight excluding hydrogens is 388 g/mol. The Morgan fingerprint density at radius 2 is 1.54 bits per heavy atom. The van der Waals surface area contributed by atoms with Crippen LogP contribution in [0.3, 0.4) is 0 Å². The molecule has 5 rings (SSSR count). The van der Waals surface area contributed by atoms with E-state index in [1.807, 2.05) is 0 Å². The van der Waals surface area contributed by atoms with E-state index >= 15 is 0 Å². The van der Waals surface area contributed by atoms with Crippen molar-refractivity contribution in [3.63, 3.8) is 0 Å². The van der Waals surface area contributed by atoms with E-state index in [0.29, 0.717) is 4.22 Å². The molecule has 1 atom stereocenters. The summed E-state index contributed by atoms with van der Waals surface area (Å²) in [4.78, 5) is 0. The van der Waals surface area contributed by atoms with E-state index in [1.54, 1.807) is 15.0 Å². The summed E-state index contributed by atoms with van der Waals surface area (Å²) in [5.41, 5.74) is 9.09. The Balaban J connectivity index is 1.81. The SMILES string of the molecule is C[Si](C)=[Ti]([CH3])([CH3])([c]1cccc2c1Cc1ccccc1-2)[CH]1C=Cc2ccccc21. The molecule has 0 nitrogen and oxygen atoms in total. The summed E-state index contributed by atoms with van der Waals surface area (Å²) in [6.45, 7) is 5.16. The zero-order valence-electron chi connectivity index (χ0n) is 17.3. The van der Waals surface area contributed by atoms with Crippen molar-refractivity contribution in [1.29, 1.82) is 0 Å². The molecule has 0 radical (unpaired) electrons. The fourth-order valence-corrected chi connectivity index (χ4v) is 20.4. The Morgan fingerprint density at radius 3 is 2.36 bits per heavy atom. The van der Waals surface area contributed by atoms with Gasteiger partial charge in [-0.2, -0.15) is 0 Å². The van der Waals surface area contributed by atoms with Crippen LogP contribution in [0.1, 0.15) is 26.5 Å². The predicted molar refractivity (Wildman–Crippen MR) is 122 cm³/mol. The first-order valence-corrected chi connectivity index (χ1v) is 20.0. The molecule has 0 spiro atoms. The van der Waals surface area contributed by atoms with E-state index in [1.165, 1.54) is 22.3 Å². The number of fused-ring (bicyclic) bond motifs is 4. The van der Waals surface area contributed by atoms with Gasteiger partial charge in [-0.3, -0.25) is 0 Å². The Kier molecular flexibility index (Phi) is 4.04. The first kappa shape index (κ1) is 18.4. The monoisotopic (exact) mass is 416 g/mol. The summed E-state index contributed by atoms with van der Waals surface area (Å²) in [7, 11) is 0. The van der Waals surface area contributed by atoms with Crippen molar-refractivity contribution < 1.29 is 14.0 Å². The molecule has 2 heteroatoms. The van der Waals surface area contributed by atoms with Gasteiger partial charge in [-0.25, -0.2) is 0 Å². The fourth-order valence-electron chi connectivity index (χ4n) is 5.63. The van der Waals surface area contributed by atoms with Crippen LogP contribution in [0.4, 0.5) is 0 Å². The minimum absolute atomic E-state index is 0.514. The van der Waals surface area contributed by atoms with Crippen LogP contribution in [0.25, 0.3) is 17.2 Å². The second-order valence-corrected chi connectivity index (χ2v) is 32.2. The second kappa shape index (κ2) is 6.16. The Hall–Kier alpha value is -1.67. The molecule has 140 valence electrons. The molecule has 2 aliphatic rings. The van der Waals surface area contributed by atoms with Gasteiger partial charge < -0.3 is 0 Å². The molecule has 0 aromatic heterocycles. The van der Waals surface area contributed by atoms with Crippen LogP contribution in [0.5, 0.6) is 0 Å². The van der Waals surface area contributed by atoms with Crippen LogP contribution < -0.4 is 3.87 Å². The average Bonchev–Trinajstić information content (AvgIpc) is 3.30. The van der Waals surface area contributed by atoms with Gasteiger partial charge in [0.05, 0.1) is 0 Å². The normalized spacial score (nSPS) is 17.2. The standard InChI is InChI=1S/C13H9.C9H7.C2H6Si.2CH3.Ti/c1-3-7-12-10(5-1)9-11-6-2-4-8-13(11)12;1-2-5-9-7-3-6-8(9)4-1;1-3-2;;;/h1-5,7-8H,9H2;1-7H;1-2H3;2*1H3;. The molecule has 0 saturated carbocycles. The van der Waals surface area contributed by atoms with Crippen molar-refractivity contribution in [1.82, 2.24) is 0 Å². The molecule has 0 N–H and O–H groups in total. The van der Waals surface area contributed by atoms with Crippen LogP contribution in [0, 0.1) is 0 Å². The first-order valence-electron chi connectivity index (χ1n) is 10.4. The molecule has 0 saturated heterocycles. The van der Waals surface area contributed by atoms with Crippen LogP contribution >= 0.6 is 0 Å². The molecule has 1 unspecified atom stereocenters. The average molecular weight is 416 g/mol. The van der Waals surface area contributed by atoms with Gasteiger partial charge in [0.15, 0.2) is 0 Å². The quantitative estimate of drug-likeness (QED) is 0.320. The molecule has 0 fully saturated rings. The van der Waals surface area contributed by atoms with E-state index in [-0.39, 0.29) is 0 Å². The van der Waals surface area contributed by atoms with Crippen molar-refractivity contribution in [2.24, 2.45) is 0 Å². The van der Waals surface area contributed by atoms with Gasteiger partial charge in [0.1, 0.15) is 0 Å². The molecule has 0 aliphatic heterocycles. The van der Waals surface area contributed by atoms with Gasteiger partial charge in [-0.15, -0.1) is 0 Å². The summed E-state index contributed by atoms with van der Waals surface area (Å²) >= 11 is -3.09. The van der Waals surface area contributed by atoms with Gasteiger partial charge in [0, 0.05) is 0 Å². The maximum absolute atomic E-state index is 3.09. The molecular formula is C26H28SiTi. The van der Waals surface area contributed by atoms with Crippen molar-refractivity contribution in [3.8, 4) is 11.1 Å². The van der Waals surface area contributed by atoms with Gasteiger partial charge in [-0.1, -0.05) is 0 Å². The van der Waals surface area contributed by atoms with Crippen molar-refractivity contribution in [3.05, 3.63) is 95.1 Å². The summed E-state index contributed by atoms with van der Waals surface area (Å²) in [6, 6.07) is 25.3. The third-order valence-electron chi connectivity index (χ3n) is 7.95. The second-order valence-electron chi connectivity index (χ2n) is 9.62. The van der Waals surface area contributed by atoms with Crippen molar-refractivity contribution >= 4 is 16.1 Å². The van der Waals surface area contributed by atoms with E-state index in [0.717, 1.165) is 6.42 Å². The number of benzene rings is 3. The topological polar surface area (TPSA) is 0 Å². The summed E-state index contributed by atoms with van der Waals surface area (Å²) in [5.74, 6) is 0. The van der Waals surface area contributed by atoms with Gasteiger partial charge >= 0.3 is 171 Å². The molecule has 0 heterocycles. The third-order valence-corrected chi connectivity index (χ3v) is 34.9. The molecule has 3 aromatic carbocycles. The molecule has 0 bridgehead atoms. The fraction of sp³-hybridized carbons (Fsp3) is 0.231. The Bertz CT molecular complexity index is 1220. The zero-order chi connectivity index (χ0) is 19.5. The third kappa shape index (κ3) is 2.33. The number of hydrogen-bond donors (Lipinski definition) is 0. The summed E-state index contributed by atoms with van der Waals surface area (Å²) < 4.78 is 2.35. The van der Waals surface area contributed by atoms with Crippen LogP contribution in [-0.4, -0.2) is 6.19 Å². The maximum atomic E-state index is 2.74. The Labute approximate surface area is 170 Å². The number of allylic oxidation sites excluding steroid dienone is 1. The van der Waals surface area contributed by atoms with E-state index in [2.05, 4.69) is 102 Å². The predicted octanol–water partition coefficient (Wildman–Crippen LogP) is 6.69. The number of rotatable bonds is 2. The van der Waals surface area contributed by atoms with E-state index < -0.39 is 20.2 Å². The summed E-state index contributed by atoms with van der Waals surface area (Å²) in [6.07, 6.45) is 5.54. The van der Waals surface area contributed by atoms with Gasteiger partial charge in [-0.05, 0) is 0 Å². The first-order chi connectivity index (χ1) is 13.4. The molecule has 2 aliphatic carbocycles. The molecule has 0 amide bonds. The van der Waals surface area contributed by atoms with Gasteiger partial charge in [0.25, 0.3) is 0 Å². The minimum atomic E-state index is -3.09. The van der Waals surface area contributed by atoms with Crippen LogP contribution in [-0.2, 0) is 20.5 Å². The van der Waals surface area contributed by atoms with Crippen molar-refractivity contribution in [2.75, 3.05) is 0 Å². The van der Waals surface area contributed by atoms with E-state index in [9.17, 15) is 0 Å². The van der Waals surface area contributed by atoms with Gasteiger partial charge in [0.2, 0.25) is 0 Å². The molecule has 3 aromatic rings. The number of hydrogen-bond acceptors (Lipinski definition) is 0. The Morgan fingerprint density at radius 1 is 0.821 bits per heavy atom. The molecule has 28 heavy (non-hydrogen) atoms. The van der Waals surface area contributed by atoms with Crippen LogP contribution in [0.15, 0.2) is 72.8 Å². The van der Waals surface area contributed by atoms with Crippen LogP contribution in [0.2, 0.25) is 23.6 Å².